The molecule has 2 amide bonds. The van der Waals surface area contributed by atoms with Crippen molar-refractivity contribution in [2.75, 3.05) is 14.2 Å². The number of aromatic amines is 1. The summed E-state index contributed by atoms with van der Waals surface area (Å²) in [4.78, 5) is 43.7. The Morgan fingerprint density at radius 3 is 2.69 bits per heavy atom. The van der Waals surface area contributed by atoms with Gasteiger partial charge in [-0.3, -0.25) is 14.4 Å². The monoisotopic (exact) mass is 496 g/mol. The molecule has 8 nitrogen and oxygen atoms in total. The van der Waals surface area contributed by atoms with E-state index in [1.54, 1.807) is 20.2 Å². The number of amides is 2. The fourth-order valence-corrected chi connectivity index (χ4v) is 6.36. The minimum Gasteiger partial charge on any atom is -0.496 e. The average molecular weight is 497 g/mol. The van der Waals surface area contributed by atoms with Gasteiger partial charge >= 0.3 is 0 Å². The number of methoxy groups -OCH3 is 1. The van der Waals surface area contributed by atoms with Gasteiger partial charge in [0.2, 0.25) is 5.91 Å². The number of ketones is 1. The maximum Gasteiger partial charge on any atom is 0.270 e. The molecule has 1 aromatic carbocycles. The topological polar surface area (TPSA) is 115 Å². The normalized spacial score (nSPS) is 17.9. The Balaban J connectivity index is 1.80. The molecule has 0 radical (unpaired) electrons. The fourth-order valence-electron chi connectivity index (χ4n) is 4.74. The first-order valence-electron chi connectivity index (χ1n) is 12.2. The highest BCUT2D eigenvalue weighted by Gasteiger charge is 2.35. The SMILES string of the molecule is COc1cccc2[nH]c(C(=O)N(C)[C@@H](C[Si](C)(C)C)C(=O)N[C@H](C#N)C[C@@H]3CCCCC3=O)cc12. The van der Waals surface area contributed by atoms with Crippen LogP contribution in [0.2, 0.25) is 25.7 Å². The van der Waals surface area contributed by atoms with E-state index in [4.69, 9.17) is 4.74 Å². The molecular formula is C26H36N4O4Si. The average Bonchev–Trinajstić information content (AvgIpc) is 3.26. The van der Waals surface area contributed by atoms with E-state index in [0.29, 0.717) is 30.3 Å². The number of carbonyl (C=O) groups is 3. The Labute approximate surface area is 208 Å². The first-order valence-corrected chi connectivity index (χ1v) is 15.9. The molecule has 0 spiro atoms. The predicted octanol–water partition coefficient (Wildman–Crippen LogP) is 4.11. The molecule has 1 fully saturated rings. The van der Waals surface area contributed by atoms with E-state index in [2.05, 4.69) is 36.0 Å². The number of fused-ring (bicyclic) bond motifs is 1. The number of carbonyl (C=O) groups excluding carboxylic acids is 3. The van der Waals surface area contributed by atoms with Gasteiger partial charge in [0, 0.05) is 38.4 Å². The van der Waals surface area contributed by atoms with Crippen LogP contribution < -0.4 is 10.1 Å². The molecule has 1 aromatic heterocycles. The van der Waals surface area contributed by atoms with E-state index >= 15 is 0 Å². The summed E-state index contributed by atoms with van der Waals surface area (Å²) in [5, 5.41) is 13.3. The molecule has 35 heavy (non-hydrogen) atoms. The lowest BCUT2D eigenvalue weighted by atomic mass is 9.84. The number of ether oxygens (including phenoxy) is 1. The molecule has 9 heteroatoms. The van der Waals surface area contributed by atoms with Crippen LogP contribution in [0.3, 0.4) is 0 Å². The number of rotatable bonds is 9. The summed E-state index contributed by atoms with van der Waals surface area (Å²) in [5.74, 6) is -0.0221. The van der Waals surface area contributed by atoms with Crippen molar-refractivity contribution in [2.45, 2.75) is 69.9 Å². The predicted molar refractivity (Wildman–Crippen MR) is 138 cm³/mol. The zero-order chi connectivity index (χ0) is 25.8. The number of nitrogens with zero attached hydrogens (tertiary/aromatic N) is 2. The molecule has 3 atom stereocenters. The van der Waals surface area contributed by atoms with E-state index in [1.165, 1.54) is 4.90 Å². The zero-order valence-corrected chi connectivity index (χ0v) is 22.3. The summed E-state index contributed by atoms with van der Waals surface area (Å²) in [6.45, 7) is 6.42. The number of hydrogen-bond acceptors (Lipinski definition) is 5. The van der Waals surface area contributed by atoms with Crippen LogP contribution in [0.4, 0.5) is 0 Å². The van der Waals surface area contributed by atoms with Crippen molar-refractivity contribution in [1.29, 1.82) is 5.26 Å². The van der Waals surface area contributed by atoms with E-state index in [9.17, 15) is 19.6 Å². The van der Waals surface area contributed by atoms with Gasteiger partial charge in [-0.05, 0) is 43.5 Å². The van der Waals surface area contributed by atoms with Crippen LogP contribution in [-0.2, 0) is 9.59 Å². The lowest BCUT2D eigenvalue weighted by Crippen LogP contribution is -2.53. The fraction of sp³-hybridized carbons (Fsp3) is 0.538. The second-order valence-corrected chi connectivity index (χ2v) is 16.2. The van der Waals surface area contributed by atoms with Crippen molar-refractivity contribution in [3.05, 3.63) is 30.0 Å². The van der Waals surface area contributed by atoms with Crippen LogP contribution in [-0.4, -0.2) is 61.8 Å². The Morgan fingerprint density at radius 2 is 2.06 bits per heavy atom. The van der Waals surface area contributed by atoms with E-state index in [0.717, 1.165) is 30.2 Å². The number of Topliss-reactive ketones (excluding diaryl/α,β-unsaturated/α-hetero) is 1. The standard InChI is InChI=1S/C26H36N4O4Si/c1-30(26(33)21-14-19-20(29-21)10-8-12-24(19)34-2)22(16-35(3,4)5)25(32)28-18(15-27)13-17-9-6-7-11-23(17)31/h8,10,12,14,17-18,22,29H,6-7,9,11,13,16H2,1-5H3,(H,28,32)/t17-,18-,22-/m0/s1. The maximum atomic E-state index is 13.4. The zero-order valence-electron chi connectivity index (χ0n) is 21.3. The Hall–Kier alpha value is -3.12. The smallest absolute Gasteiger partial charge is 0.270 e. The van der Waals surface area contributed by atoms with Crippen molar-refractivity contribution >= 4 is 36.6 Å². The molecule has 3 rings (SSSR count). The van der Waals surface area contributed by atoms with Gasteiger partial charge in [-0.2, -0.15) is 5.26 Å². The number of nitriles is 1. The van der Waals surface area contributed by atoms with Gasteiger partial charge in [-0.25, -0.2) is 0 Å². The maximum absolute atomic E-state index is 13.4. The highest BCUT2D eigenvalue weighted by atomic mass is 28.3. The van der Waals surface area contributed by atoms with Gasteiger partial charge in [-0.15, -0.1) is 0 Å². The molecule has 2 N–H and O–H groups in total. The number of nitrogens with one attached hydrogen (secondary N) is 2. The molecule has 0 bridgehead atoms. The molecule has 0 saturated heterocycles. The van der Waals surface area contributed by atoms with Crippen LogP contribution in [0.5, 0.6) is 5.75 Å². The summed E-state index contributed by atoms with van der Waals surface area (Å²) >= 11 is 0. The first kappa shape index (κ1) is 26.5. The van der Waals surface area contributed by atoms with Gasteiger partial charge in [0.1, 0.15) is 29.3 Å². The van der Waals surface area contributed by atoms with Gasteiger partial charge in [0.25, 0.3) is 5.91 Å². The van der Waals surface area contributed by atoms with Crippen molar-refractivity contribution in [2.24, 2.45) is 5.92 Å². The Bertz CT molecular complexity index is 1130. The number of benzene rings is 1. The molecular weight excluding hydrogens is 460 g/mol. The third-order valence-corrected chi connectivity index (χ3v) is 8.26. The first-order chi connectivity index (χ1) is 16.5. The molecule has 0 unspecified atom stereocenters. The Kier molecular flexibility index (Phi) is 8.38. The summed E-state index contributed by atoms with van der Waals surface area (Å²) < 4.78 is 5.40. The van der Waals surface area contributed by atoms with Gasteiger partial charge in [0.15, 0.2) is 0 Å². The molecule has 188 valence electrons. The van der Waals surface area contributed by atoms with Crippen LogP contribution in [0.25, 0.3) is 10.9 Å². The van der Waals surface area contributed by atoms with Gasteiger partial charge in [-0.1, -0.05) is 32.1 Å². The van der Waals surface area contributed by atoms with Crippen molar-refractivity contribution in [3.8, 4) is 11.8 Å². The van der Waals surface area contributed by atoms with Gasteiger partial charge < -0.3 is 19.9 Å². The third-order valence-electron chi connectivity index (χ3n) is 6.64. The largest absolute Gasteiger partial charge is 0.496 e. The minimum absolute atomic E-state index is 0.172. The molecule has 2 aromatic rings. The van der Waals surface area contributed by atoms with E-state index < -0.39 is 20.2 Å². The van der Waals surface area contributed by atoms with Gasteiger partial charge in [0.05, 0.1) is 13.2 Å². The van der Waals surface area contributed by atoms with Crippen LogP contribution >= 0.6 is 0 Å². The molecule has 1 saturated carbocycles. The van der Waals surface area contributed by atoms with E-state index in [1.807, 2.05) is 18.2 Å². The van der Waals surface area contributed by atoms with Crippen molar-refractivity contribution in [1.82, 2.24) is 15.2 Å². The summed E-state index contributed by atoms with van der Waals surface area (Å²) in [5.41, 5.74) is 1.14. The number of hydrogen-bond donors (Lipinski definition) is 2. The van der Waals surface area contributed by atoms with Crippen LogP contribution in [0.1, 0.15) is 42.6 Å². The lowest BCUT2D eigenvalue weighted by molar-refractivity contribution is -0.127. The van der Waals surface area contributed by atoms with Crippen molar-refractivity contribution < 1.29 is 19.1 Å². The minimum atomic E-state index is -1.78. The summed E-state index contributed by atoms with van der Waals surface area (Å²) in [6.07, 6.45) is 3.48. The van der Waals surface area contributed by atoms with E-state index in [-0.39, 0.29) is 23.5 Å². The molecule has 0 aliphatic heterocycles. The van der Waals surface area contributed by atoms with Crippen LogP contribution in [0, 0.1) is 17.2 Å². The molecule has 1 heterocycles. The second kappa shape index (κ2) is 11.1. The quantitative estimate of drug-likeness (QED) is 0.507. The van der Waals surface area contributed by atoms with Crippen molar-refractivity contribution in [3.63, 3.8) is 0 Å². The highest BCUT2D eigenvalue weighted by Crippen LogP contribution is 2.28. The van der Waals surface area contributed by atoms with Crippen LogP contribution in [0.15, 0.2) is 24.3 Å². The molecule has 1 aliphatic carbocycles. The molecule has 1 aliphatic rings. The third kappa shape index (κ3) is 6.51. The summed E-state index contributed by atoms with van der Waals surface area (Å²) in [7, 11) is 1.43. The lowest BCUT2D eigenvalue weighted by Gasteiger charge is -2.32. The second-order valence-electron chi connectivity index (χ2n) is 10.6. The number of H-pyrrole nitrogens is 1. The number of likely N-dealkylation sites (N-methyl/N-ethyl adjacent to an activating group) is 1. The Morgan fingerprint density at radius 1 is 1.31 bits per heavy atom. The summed E-state index contributed by atoms with van der Waals surface area (Å²) in [6, 6.07) is 8.49. The highest BCUT2D eigenvalue weighted by molar-refractivity contribution is 6.76. The number of aromatic nitrogens is 1.